The zero-order valence-corrected chi connectivity index (χ0v) is 15.7. The standard InChI is InChI=1S/C20H25N5O2/c1-13-3-5-15(6-4-13)25-8-7-18(20(25)27)23-19(26)17-11-21-10-16(17)14-9-22-24(2)12-14/h3-6,9,12,16-18,21H,7-8,10-11H2,1-2H3,(H,23,26)/t16-,17+,18?/m1/s1. The number of aromatic nitrogens is 2. The van der Waals surface area contributed by atoms with E-state index in [2.05, 4.69) is 15.7 Å². The molecule has 7 heteroatoms. The van der Waals surface area contributed by atoms with Gasteiger partial charge >= 0.3 is 0 Å². The number of aryl methyl sites for hydroxylation is 2. The minimum Gasteiger partial charge on any atom is -0.344 e. The van der Waals surface area contributed by atoms with E-state index in [0.29, 0.717) is 19.5 Å². The van der Waals surface area contributed by atoms with Crippen LogP contribution in [0.15, 0.2) is 36.7 Å². The summed E-state index contributed by atoms with van der Waals surface area (Å²) in [5.41, 5.74) is 3.10. The molecule has 2 saturated heterocycles. The highest BCUT2D eigenvalue weighted by atomic mass is 16.2. The third-order valence-corrected chi connectivity index (χ3v) is 5.57. The van der Waals surface area contributed by atoms with Gasteiger partial charge in [-0.3, -0.25) is 14.3 Å². The van der Waals surface area contributed by atoms with E-state index in [0.717, 1.165) is 23.4 Å². The largest absolute Gasteiger partial charge is 0.344 e. The maximum atomic E-state index is 12.9. The van der Waals surface area contributed by atoms with E-state index in [-0.39, 0.29) is 23.7 Å². The number of rotatable bonds is 4. The van der Waals surface area contributed by atoms with Gasteiger partial charge in [0.1, 0.15) is 6.04 Å². The van der Waals surface area contributed by atoms with Gasteiger partial charge in [-0.05, 0) is 31.0 Å². The molecule has 0 spiro atoms. The highest BCUT2D eigenvalue weighted by Gasteiger charge is 2.39. The van der Waals surface area contributed by atoms with E-state index in [9.17, 15) is 9.59 Å². The van der Waals surface area contributed by atoms with Crippen molar-refractivity contribution in [2.24, 2.45) is 13.0 Å². The van der Waals surface area contributed by atoms with Gasteiger partial charge in [0.15, 0.2) is 0 Å². The molecule has 0 radical (unpaired) electrons. The minimum absolute atomic E-state index is 0.0314. The lowest BCUT2D eigenvalue weighted by atomic mass is 9.90. The van der Waals surface area contributed by atoms with E-state index in [4.69, 9.17) is 0 Å². The van der Waals surface area contributed by atoms with E-state index < -0.39 is 6.04 Å². The van der Waals surface area contributed by atoms with Crippen LogP contribution in [0.25, 0.3) is 0 Å². The Hall–Kier alpha value is -2.67. The Morgan fingerprint density at radius 2 is 2.04 bits per heavy atom. The van der Waals surface area contributed by atoms with Crippen molar-refractivity contribution in [1.82, 2.24) is 20.4 Å². The van der Waals surface area contributed by atoms with Crippen molar-refractivity contribution < 1.29 is 9.59 Å². The molecule has 3 atom stereocenters. The summed E-state index contributed by atoms with van der Waals surface area (Å²) in [7, 11) is 1.87. The van der Waals surface area contributed by atoms with Crippen molar-refractivity contribution >= 4 is 17.5 Å². The smallest absolute Gasteiger partial charge is 0.249 e. The third-order valence-electron chi connectivity index (χ3n) is 5.57. The zero-order valence-electron chi connectivity index (χ0n) is 15.7. The number of amides is 2. The number of nitrogens with zero attached hydrogens (tertiary/aromatic N) is 3. The van der Waals surface area contributed by atoms with E-state index in [1.807, 2.05) is 50.6 Å². The molecule has 2 aromatic rings. The average molecular weight is 367 g/mol. The van der Waals surface area contributed by atoms with Crippen LogP contribution in [0.1, 0.15) is 23.5 Å². The van der Waals surface area contributed by atoms with Gasteiger partial charge in [-0.25, -0.2) is 0 Å². The summed E-state index contributed by atoms with van der Waals surface area (Å²) >= 11 is 0. The van der Waals surface area contributed by atoms with Gasteiger partial charge < -0.3 is 15.5 Å². The topological polar surface area (TPSA) is 79.3 Å². The molecule has 0 bridgehead atoms. The highest BCUT2D eigenvalue weighted by Crippen LogP contribution is 2.29. The first-order chi connectivity index (χ1) is 13.0. The lowest BCUT2D eigenvalue weighted by Gasteiger charge is -2.20. The van der Waals surface area contributed by atoms with Crippen LogP contribution in [0.5, 0.6) is 0 Å². The van der Waals surface area contributed by atoms with Crippen LogP contribution in [-0.4, -0.2) is 47.3 Å². The van der Waals surface area contributed by atoms with Gasteiger partial charge in [0, 0.05) is 44.5 Å². The molecular formula is C20H25N5O2. The summed E-state index contributed by atoms with van der Waals surface area (Å²) in [4.78, 5) is 27.4. The Morgan fingerprint density at radius 3 is 2.74 bits per heavy atom. The molecule has 4 rings (SSSR count). The normalized spacial score (nSPS) is 25.2. The second-order valence-electron chi connectivity index (χ2n) is 7.49. The number of benzene rings is 1. The number of hydrogen-bond acceptors (Lipinski definition) is 4. The van der Waals surface area contributed by atoms with Crippen molar-refractivity contribution in [3.8, 4) is 0 Å². The lowest BCUT2D eigenvalue weighted by Crippen LogP contribution is -2.45. The van der Waals surface area contributed by atoms with Crippen molar-refractivity contribution in [2.75, 3.05) is 24.5 Å². The molecule has 0 saturated carbocycles. The number of carbonyl (C=O) groups is 2. The fourth-order valence-electron chi connectivity index (χ4n) is 4.01. The van der Waals surface area contributed by atoms with E-state index in [1.54, 1.807) is 9.58 Å². The molecule has 1 aromatic carbocycles. The van der Waals surface area contributed by atoms with E-state index in [1.165, 1.54) is 0 Å². The summed E-state index contributed by atoms with van der Waals surface area (Å²) in [6.45, 7) is 4.01. The Labute approximate surface area is 158 Å². The Balaban J connectivity index is 1.42. The third kappa shape index (κ3) is 3.47. The van der Waals surface area contributed by atoms with Gasteiger partial charge in [-0.15, -0.1) is 0 Å². The van der Waals surface area contributed by atoms with Crippen LogP contribution in [0, 0.1) is 12.8 Å². The molecule has 1 aromatic heterocycles. The van der Waals surface area contributed by atoms with Gasteiger partial charge in [0.2, 0.25) is 11.8 Å². The SMILES string of the molecule is Cc1ccc(N2CCC(NC(=O)[C@H]3CNC[C@@H]3c3cnn(C)c3)C2=O)cc1. The summed E-state index contributed by atoms with van der Waals surface area (Å²) in [6.07, 6.45) is 4.41. The Kier molecular flexibility index (Phi) is 4.70. The number of anilines is 1. The first-order valence-corrected chi connectivity index (χ1v) is 9.40. The van der Waals surface area contributed by atoms with Crippen molar-refractivity contribution in [3.63, 3.8) is 0 Å². The second-order valence-corrected chi connectivity index (χ2v) is 7.49. The van der Waals surface area contributed by atoms with Gasteiger partial charge in [-0.2, -0.15) is 5.10 Å². The predicted molar refractivity (Wildman–Crippen MR) is 102 cm³/mol. The van der Waals surface area contributed by atoms with Crippen LogP contribution in [0.4, 0.5) is 5.69 Å². The zero-order chi connectivity index (χ0) is 19.0. The molecule has 7 nitrogen and oxygen atoms in total. The maximum Gasteiger partial charge on any atom is 0.249 e. The average Bonchev–Trinajstić information content (AvgIpc) is 3.37. The first kappa shape index (κ1) is 17.7. The summed E-state index contributed by atoms with van der Waals surface area (Å²) < 4.78 is 1.75. The van der Waals surface area contributed by atoms with Crippen LogP contribution in [0.3, 0.4) is 0 Å². The van der Waals surface area contributed by atoms with Crippen LogP contribution in [-0.2, 0) is 16.6 Å². The van der Waals surface area contributed by atoms with Gasteiger partial charge in [0.05, 0.1) is 12.1 Å². The molecule has 142 valence electrons. The fraction of sp³-hybridized carbons (Fsp3) is 0.450. The van der Waals surface area contributed by atoms with Crippen LogP contribution in [0.2, 0.25) is 0 Å². The molecule has 2 amide bonds. The van der Waals surface area contributed by atoms with Crippen LogP contribution < -0.4 is 15.5 Å². The minimum atomic E-state index is -0.450. The summed E-state index contributed by atoms with van der Waals surface area (Å²) in [6, 6.07) is 7.45. The molecule has 2 aliphatic heterocycles. The monoisotopic (exact) mass is 367 g/mol. The van der Waals surface area contributed by atoms with Crippen molar-refractivity contribution in [2.45, 2.75) is 25.3 Å². The molecule has 2 fully saturated rings. The van der Waals surface area contributed by atoms with Crippen LogP contribution >= 0.6 is 0 Å². The molecule has 3 heterocycles. The number of hydrogen-bond donors (Lipinski definition) is 2. The van der Waals surface area contributed by atoms with Crippen molar-refractivity contribution in [1.29, 1.82) is 0 Å². The lowest BCUT2D eigenvalue weighted by molar-refractivity contribution is -0.129. The summed E-state index contributed by atoms with van der Waals surface area (Å²) in [5.74, 6) is -0.187. The number of carbonyl (C=O) groups excluding carboxylic acids is 2. The van der Waals surface area contributed by atoms with Crippen molar-refractivity contribution in [3.05, 3.63) is 47.8 Å². The van der Waals surface area contributed by atoms with Gasteiger partial charge in [-0.1, -0.05) is 17.7 Å². The maximum absolute atomic E-state index is 12.9. The molecule has 2 N–H and O–H groups in total. The Morgan fingerprint density at radius 1 is 1.26 bits per heavy atom. The predicted octanol–water partition coefficient (Wildman–Crippen LogP) is 0.953. The summed E-state index contributed by atoms with van der Waals surface area (Å²) in [5, 5.41) is 10.5. The molecule has 1 unspecified atom stereocenters. The number of nitrogens with one attached hydrogen (secondary N) is 2. The molecule has 2 aliphatic rings. The molecule has 0 aliphatic carbocycles. The second kappa shape index (κ2) is 7.15. The fourth-order valence-corrected chi connectivity index (χ4v) is 4.01. The first-order valence-electron chi connectivity index (χ1n) is 9.40. The highest BCUT2D eigenvalue weighted by molar-refractivity contribution is 6.01. The van der Waals surface area contributed by atoms with Gasteiger partial charge in [0.25, 0.3) is 0 Å². The van der Waals surface area contributed by atoms with E-state index >= 15 is 0 Å². The Bertz CT molecular complexity index is 844. The quantitative estimate of drug-likeness (QED) is 0.843. The molecular weight excluding hydrogens is 342 g/mol. The molecule has 27 heavy (non-hydrogen) atoms.